The van der Waals surface area contributed by atoms with Crippen molar-refractivity contribution in [3.63, 3.8) is 0 Å². The summed E-state index contributed by atoms with van der Waals surface area (Å²) in [7, 11) is -0.467. The highest BCUT2D eigenvalue weighted by Crippen LogP contribution is 2.38. The minimum absolute atomic E-state index is 0.0624. The lowest BCUT2D eigenvalue weighted by Crippen LogP contribution is -2.41. The Morgan fingerprint density at radius 2 is 1.85 bits per heavy atom. The lowest BCUT2D eigenvalue weighted by atomic mass is 9.74. The SMILES string of the molecule is Cc1ccc2c(c(Cl)nn2C2CCCCO2)c1B1OC(C)(C)C(C)(C)O1. The van der Waals surface area contributed by atoms with E-state index >= 15 is 0 Å². The monoisotopic (exact) mass is 376 g/mol. The summed E-state index contributed by atoms with van der Waals surface area (Å²) in [5, 5.41) is 5.98. The van der Waals surface area contributed by atoms with Crippen LogP contribution in [-0.2, 0) is 14.0 Å². The summed E-state index contributed by atoms with van der Waals surface area (Å²) in [6, 6.07) is 4.15. The molecule has 0 aliphatic carbocycles. The highest BCUT2D eigenvalue weighted by Gasteiger charge is 2.52. The van der Waals surface area contributed by atoms with Crippen molar-refractivity contribution in [2.24, 2.45) is 0 Å². The molecule has 3 heterocycles. The van der Waals surface area contributed by atoms with Gasteiger partial charge < -0.3 is 14.0 Å². The molecule has 2 aromatic rings. The summed E-state index contributed by atoms with van der Waals surface area (Å²) in [6.07, 6.45) is 3.13. The summed E-state index contributed by atoms with van der Waals surface area (Å²) in [5.41, 5.74) is 2.22. The molecule has 26 heavy (non-hydrogen) atoms. The molecule has 0 spiro atoms. The largest absolute Gasteiger partial charge is 0.495 e. The van der Waals surface area contributed by atoms with Crippen LogP contribution in [0.1, 0.15) is 58.7 Å². The van der Waals surface area contributed by atoms with Gasteiger partial charge in [0.2, 0.25) is 0 Å². The fourth-order valence-corrected chi connectivity index (χ4v) is 4.00. The van der Waals surface area contributed by atoms with Crippen molar-refractivity contribution in [2.75, 3.05) is 6.61 Å². The number of nitrogens with zero attached hydrogens (tertiary/aromatic N) is 2. The molecule has 7 heteroatoms. The summed E-state index contributed by atoms with van der Waals surface area (Å²) in [6.45, 7) is 11.1. The summed E-state index contributed by atoms with van der Waals surface area (Å²) in [5.74, 6) is 0. The number of ether oxygens (including phenoxy) is 1. The van der Waals surface area contributed by atoms with Crippen molar-refractivity contribution in [1.29, 1.82) is 0 Å². The van der Waals surface area contributed by atoms with Crippen LogP contribution in [-0.4, -0.2) is 34.7 Å². The van der Waals surface area contributed by atoms with Crippen LogP contribution in [0.4, 0.5) is 0 Å². The van der Waals surface area contributed by atoms with E-state index in [1.165, 1.54) is 0 Å². The molecule has 1 aromatic heterocycles. The molecule has 0 N–H and O–H groups in total. The molecule has 2 saturated heterocycles. The van der Waals surface area contributed by atoms with Crippen LogP contribution in [0.5, 0.6) is 0 Å². The lowest BCUT2D eigenvalue weighted by Gasteiger charge is -2.32. The number of fused-ring (bicyclic) bond motifs is 1. The van der Waals surface area contributed by atoms with E-state index in [-0.39, 0.29) is 6.23 Å². The Morgan fingerprint density at radius 3 is 2.46 bits per heavy atom. The number of halogens is 1. The van der Waals surface area contributed by atoms with Gasteiger partial charge in [0, 0.05) is 12.0 Å². The second kappa shape index (κ2) is 6.23. The van der Waals surface area contributed by atoms with Crippen molar-refractivity contribution >= 4 is 35.1 Å². The topological polar surface area (TPSA) is 45.5 Å². The van der Waals surface area contributed by atoms with Crippen LogP contribution < -0.4 is 5.46 Å². The van der Waals surface area contributed by atoms with E-state index in [2.05, 4.69) is 51.9 Å². The average molecular weight is 377 g/mol. The Balaban J connectivity index is 1.83. The minimum atomic E-state index is -0.467. The predicted molar refractivity (Wildman–Crippen MR) is 104 cm³/mol. The van der Waals surface area contributed by atoms with Crippen molar-refractivity contribution < 1.29 is 14.0 Å². The molecule has 0 saturated carbocycles. The Hall–Kier alpha value is -1.08. The molecule has 4 rings (SSSR count). The summed E-state index contributed by atoms with van der Waals surface area (Å²) >= 11 is 6.60. The molecule has 2 aliphatic heterocycles. The highest BCUT2D eigenvalue weighted by molar-refractivity contribution is 6.66. The smallest absolute Gasteiger partial charge is 0.399 e. The maximum atomic E-state index is 6.60. The normalized spacial score (nSPS) is 25.2. The Morgan fingerprint density at radius 1 is 1.15 bits per heavy atom. The first-order chi connectivity index (χ1) is 12.2. The van der Waals surface area contributed by atoms with Crippen LogP contribution in [0.25, 0.3) is 10.9 Å². The quantitative estimate of drug-likeness (QED) is 0.743. The number of aryl methyl sites for hydroxylation is 1. The number of hydrogen-bond acceptors (Lipinski definition) is 4. The first-order valence-corrected chi connectivity index (χ1v) is 9.73. The van der Waals surface area contributed by atoms with Gasteiger partial charge in [0.25, 0.3) is 0 Å². The van der Waals surface area contributed by atoms with Crippen LogP contribution >= 0.6 is 11.6 Å². The molecule has 0 radical (unpaired) electrons. The fourth-order valence-electron chi connectivity index (χ4n) is 3.72. The highest BCUT2D eigenvalue weighted by atomic mass is 35.5. The Labute approximate surface area is 160 Å². The number of aromatic nitrogens is 2. The van der Waals surface area contributed by atoms with E-state index in [1.54, 1.807) is 0 Å². The molecular formula is C19H26BClN2O3. The van der Waals surface area contributed by atoms with Gasteiger partial charge in [-0.15, -0.1) is 0 Å². The molecule has 140 valence electrons. The van der Waals surface area contributed by atoms with Crippen LogP contribution in [0.2, 0.25) is 5.15 Å². The molecule has 1 aromatic carbocycles. The molecule has 0 bridgehead atoms. The Kier molecular flexibility index (Phi) is 4.38. The van der Waals surface area contributed by atoms with Gasteiger partial charge >= 0.3 is 7.12 Å². The van der Waals surface area contributed by atoms with Gasteiger partial charge in [0.05, 0.1) is 16.7 Å². The van der Waals surface area contributed by atoms with E-state index in [1.807, 2.05) is 4.68 Å². The van der Waals surface area contributed by atoms with Gasteiger partial charge in [0.1, 0.15) is 0 Å². The van der Waals surface area contributed by atoms with Crippen molar-refractivity contribution in [3.8, 4) is 0 Å². The first kappa shape index (κ1) is 18.3. The van der Waals surface area contributed by atoms with Gasteiger partial charge in [0.15, 0.2) is 11.4 Å². The van der Waals surface area contributed by atoms with E-state index in [0.717, 1.165) is 47.8 Å². The zero-order valence-corrected chi connectivity index (χ0v) is 16.9. The molecule has 2 fully saturated rings. The van der Waals surface area contributed by atoms with E-state index < -0.39 is 18.3 Å². The van der Waals surface area contributed by atoms with Gasteiger partial charge in [-0.05, 0) is 65.4 Å². The van der Waals surface area contributed by atoms with Crippen LogP contribution in [0.3, 0.4) is 0 Å². The molecule has 1 atom stereocenters. The van der Waals surface area contributed by atoms with E-state index in [4.69, 9.17) is 25.6 Å². The van der Waals surface area contributed by atoms with Crippen LogP contribution in [0, 0.1) is 6.92 Å². The second-order valence-corrected chi connectivity index (χ2v) is 8.69. The third-order valence-electron chi connectivity index (χ3n) is 6.01. The third-order valence-corrected chi connectivity index (χ3v) is 6.27. The number of benzene rings is 1. The van der Waals surface area contributed by atoms with E-state index in [0.29, 0.717) is 5.15 Å². The summed E-state index contributed by atoms with van der Waals surface area (Å²) in [4.78, 5) is 0. The van der Waals surface area contributed by atoms with Crippen molar-refractivity contribution in [2.45, 2.75) is 71.3 Å². The standard InChI is InChI=1S/C19H26BClN2O3/c1-12-9-10-13-15(16(12)20-25-18(2,3)19(4,5)26-20)17(21)22-23(13)14-8-6-7-11-24-14/h9-10,14H,6-8,11H2,1-5H3. The van der Waals surface area contributed by atoms with Gasteiger partial charge in [-0.25, -0.2) is 4.68 Å². The minimum Gasteiger partial charge on any atom is -0.399 e. The maximum absolute atomic E-state index is 6.60. The molecule has 1 unspecified atom stereocenters. The number of hydrogen-bond donors (Lipinski definition) is 0. The average Bonchev–Trinajstić information content (AvgIpc) is 3.02. The molecule has 0 amide bonds. The lowest BCUT2D eigenvalue weighted by molar-refractivity contribution is -0.0366. The summed E-state index contributed by atoms with van der Waals surface area (Å²) < 4.78 is 20.4. The van der Waals surface area contributed by atoms with Gasteiger partial charge in [-0.1, -0.05) is 23.2 Å². The van der Waals surface area contributed by atoms with Crippen molar-refractivity contribution in [1.82, 2.24) is 9.78 Å². The molecular weight excluding hydrogens is 350 g/mol. The zero-order chi connectivity index (χ0) is 18.7. The second-order valence-electron chi connectivity index (χ2n) is 8.34. The van der Waals surface area contributed by atoms with E-state index in [9.17, 15) is 0 Å². The predicted octanol–water partition coefficient (Wildman–Crippen LogP) is 4.00. The third kappa shape index (κ3) is 2.78. The van der Waals surface area contributed by atoms with Gasteiger partial charge in [-0.2, -0.15) is 5.10 Å². The maximum Gasteiger partial charge on any atom is 0.495 e. The van der Waals surface area contributed by atoms with Crippen LogP contribution in [0.15, 0.2) is 12.1 Å². The molecule has 2 aliphatic rings. The molecule has 5 nitrogen and oxygen atoms in total. The van der Waals surface area contributed by atoms with Crippen molar-refractivity contribution in [3.05, 3.63) is 22.8 Å². The van der Waals surface area contributed by atoms with Gasteiger partial charge in [-0.3, -0.25) is 0 Å². The fraction of sp³-hybridized carbons (Fsp3) is 0.632. The Bertz CT molecular complexity index is 827. The number of rotatable bonds is 2. The zero-order valence-electron chi connectivity index (χ0n) is 16.1. The first-order valence-electron chi connectivity index (χ1n) is 9.36.